The van der Waals surface area contributed by atoms with Crippen LogP contribution >= 0.6 is 34.4 Å². The first-order chi connectivity index (χ1) is 15.3. The lowest BCUT2D eigenvalue weighted by Gasteiger charge is -2.10. The van der Waals surface area contributed by atoms with Gasteiger partial charge in [0.1, 0.15) is 10.8 Å². The number of para-hydroxylation sites is 1. The molecule has 4 aromatic rings. The highest BCUT2D eigenvalue weighted by Crippen LogP contribution is 2.41. The van der Waals surface area contributed by atoms with Crippen LogP contribution in [0.5, 0.6) is 11.5 Å². The Balaban J connectivity index is 1.33. The summed E-state index contributed by atoms with van der Waals surface area (Å²) in [5, 5.41) is 15.1. The van der Waals surface area contributed by atoms with Crippen molar-refractivity contribution < 1.29 is 9.47 Å². The Kier molecular flexibility index (Phi) is 5.97. The topological polar surface area (TPSA) is 62.1 Å². The molecule has 0 amide bonds. The lowest BCUT2D eigenvalue weighted by atomic mass is 10.2. The Morgan fingerprint density at radius 2 is 2.00 bits per heavy atom. The molecule has 3 aromatic heterocycles. The van der Waals surface area contributed by atoms with Crippen LogP contribution < -0.4 is 9.47 Å². The van der Waals surface area contributed by atoms with Gasteiger partial charge in [-0.05, 0) is 36.4 Å². The molecule has 0 N–H and O–H groups in total. The molecular formula is C22H22N4O2S3. The molecular weight excluding hydrogens is 448 g/mol. The predicted molar refractivity (Wildman–Crippen MR) is 126 cm³/mol. The second kappa shape index (κ2) is 9.02. The number of nitrogens with zero attached hydrogens (tertiary/aromatic N) is 4. The monoisotopic (exact) mass is 470 g/mol. The number of methoxy groups -OCH3 is 2. The molecule has 0 spiro atoms. The van der Waals surface area contributed by atoms with Crippen molar-refractivity contribution >= 4 is 34.4 Å². The minimum absolute atomic E-state index is 0.541. The van der Waals surface area contributed by atoms with Crippen LogP contribution in [0.3, 0.4) is 0 Å². The van der Waals surface area contributed by atoms with Crippen molar-refractivity contribution in [2.45, 2.75) is 36.2 Å². The number of thiazole rings is 1. The molecule has 5 rings (SSSR count). The molecule has 160 valence electrons. The quantitative estimate of drug-likeness (QED) is 0.293. The van der Waals surface area contributed by atoms with Crippen LogP contribution in [0.1, 0.15) is 35.3 Å². The summed E-state index contributed by atoms with van der Waals surface area (Å²) >= 11 is 5.09. The van der Waals surface area contributed by atoms with E-state index in [2.05, 4.69) is 37.7 Å². The van der Waals surface area contributed by atoms with Crippen LogP contribution in [0, 0.1) is 0 Å². The second-order valence-electron chi connectivity index (χ2n) is 7.23. The zero-order valence-electron chi connectivity index (χ0n) is 17.3. The average molecular weight is 471 g/mol. The van der Waals surface area contributed by atoms with Crippen LogP contribution in [-0.4, -0.2) is 34.0 Å². The van der Waals surface area contributed by atoms with E-state index in [0.29, 0.717) is 17.5 Å². The maximum Gasteiger partial charge on any atom is 0.191 e. The number of benzene rings is 1. The third-order valence-electron chi connectivity index (χ3n) is 5.09. The lowest BCUT2D eigenvalue weighted by molar-refractivity contribution is 0.356. The highest BCUT2D eigenvalue weighted by Gasteiger charge is 2.29. The van der Waals surface area contributed by atoms with Gasteiger partial charge in [-0.15, -0.1) is 32.9 Å². The van der Waals surface area contributed by atoms with E-state index in [4.69, 9.17) is 14.5 Å². The number of hydrogen-bond acceptors (Lipinski definition) is 8. The van der Waals surface area contributed by atoms with Gasteiger partial charge < -0.3 is 14.0 Å². The molecule has 1 aromatic carbocycles. The summed E-state index contributed by atoms with van der Waals surface area (Å²) in [6, 6.07) is 10.7. The second-order valence-corrected chi connectivity index (χ2v) is 10.1. The van der Waals surface area contributed by atoms with E-state index in [0.717, 1.165) is 39.4 Å². The van der Waals surface area contributed by atoms with Gasteiger partial charge >= 0.3 is 0 Å². The molecule has 1 fully saturated rings. The molecule has 0 atom stereocenters. The van der Waals surface area contributed by atoms with Crippen LogP contribution in [0.2, 0.25) is 0 Å². The van der Waals surface area contributed by atoms with Gasteiger partial charge in [0, 0.05) is 28.5 Å². The van der Waals surface area contributed by atoms with E-state index in [1.165, 1.54) is 17.7 Å². The van der Waals surface area contributed by atoms with E-state index in [1.54, 1.807) is 48.7 Å². The molecule has 1 saturated carbocycles. The Hall–Kier alpha value is -2.36. The molecule has 6 nitrogen and oxygen atoms in total. The fourth-order valence-electron chi connectivity index (χ4n) is 3.49. The zero-order chi connectivity index (χ0) is 21.2. The van der Waals surface area contributed by atoms with Crippen LogP contribution in [0.25, 0.3) is 10.6 Å². The largest absolute Gasteiger partial charge is 0.493 e. The van der Waals surface area contributed by atoms with Gasteiger partial charge in [-0.25, -0.2) is 4.98 Å². The van der Waals surface area contributed by atoms with Gasteiger partial charge in [-0.2, -0.15) is 0 Å². The molecule has 1 aliphatic carbocycles. The van der Waals surface area contributed by atoms with Crippen molar-refractivity contribution in [1.29, 1.82) is 0 Å². The number of hydrogen-bond donors (Lipinski definition) is 0. The summed E-state index contributed by atoms with van der Waals surface area (Å²) in [5.74, 6) is 3.24. The fourth-order valence-corrected chi connectivity index (χ4v) is 6.05. The number of thiophene rings is 1. The van der Waals surface area contributed by atoms with Crippen molar-refractivity contribution in [3.8, 4) is 22.1 Å². The van der Waals surface area contributed by atoms with Crippen molar-refractivity contribution in [3.05, 3.63) is 57.5 Å². The molecule has 0 radical (unpaired) electrons. The average Bonchev–Trinajstić information content (AvgIpc) is 3.19. The molecule has 0 bridgehead atoms. The highest BCUT2D eigenvalue weighted by molar-refractivity contribution is 7.98. The fraction of sp³-hybridized carbons (Fsp3) is 0.318. The van der Waals surface area contributed by atoms with Gasteiger partial charge in [0.05, 0.1) is 25.5 Å². The molecule has 0 aliphatic heterocycles. The smallest absolute Gasteiger partial charge is 0.191 e. The summed E-state index contributed by atoms with van der Waals surface area (Å²) in [5.41, 5.74) is 1.97. The van der Waals surface area contributed by atoms with E-state index in [1.807, 2.05) is 18.2 Å². The number of ether oxygens (including phenoxy) is 2. The predicted octanol–water partition coefficient (Wildman–Crippen LogP) is 5.70. The Labute approximate surface area is 193 Å². The third kappa shape index (κ3) is 4.35. The lowest BCUT2D eigenvalue weighted by Crippen LogP contribution is -2.03. The minimum atomic E-state index is 0.541. The maximum absolute atomic E-state index is 5.57. The van der Waals surface area contributed by atoms with E-state index in [-0.39, 0.29) is 0 Å². The third-order valence-corrected chi connectivity index (χ3v) is 7.87. The summed E-state index contributed by atoms with van der Waals surface area (Å²) in [6.45, 7) is 0. The SMILES string of the molecule is COc1cccc(-c2nc(CSc3nnc(Cc4cccs4)n3C3CC3)cs2)c1OC. The van der Waals surface area contributed by atoms with Crippen molar-refractivity contribution in [2.24, 2.45) is 0 Å². The van der Waals surface area contributed by atoms with Gasteiger partial charge in [-0.3, -0.25) is 0 Å². The van der Waals surface area contributed by atoms with E-state index >= 15 is 0 Å². The van der Waals surface area contributed by atoms with Crippen LogP contribution in [0.15, 0.2) is 46.2 Å². The Morgan fingerprint density at radius 1 is 1.10 bits per heavy atom. The summed E-state index contributed by atoms with van der Waals surface area (Å²) in [7, 11) is 3.30. The van der Waals surface area contributed by atoms with Crippen molar-refractivity contribution in [2.75, 3.05) is 14.2 Å². The number of rotatable bonds is 9. The van der Waals surface area contributed by atoms with E-state index < -0.39 is 0 Å². The molecule has 9 heteroatoms. The zero-order valence-corrected chi connectivity index (χ0v) is 19.7. The van der Waals surface area contributed by atoms with E-state index in [9.17, 15) is 0 Å². The normalized spacial score (nSPS) is 13.5. The molecule has 3 heterocycles. The first kappa shape index (κ1) is 20.5. The standard InChI is InChI=1S/C22H22N4O2S3/c1-27-18-7-3-6-17(20(18)28-2)21-23-14(12-30-21)13-31-22-25-24-19(26(22)15-8-9-15)11-16-5-4-10-29-16/h3-7,10,12,15H,8-9,11,13H2,1-2H3. The van der Waals surface area contributed by atoms with Gasteiger partial charge in [0.2, 0.25) is 0 Å². The number of thioether (sulfide) groups is 1. The van der Waals surface area contributed by atoms with Gasteiger partial charge in [0.25, 0.3) is 0 Å². The molecule has 0 saturated heterocycles. The number of aromatic nitrogens is 4. The summed E-state index contributed by atoms with van der Waals surface area (Å²) < 4.78 is 13.3. The first-order valence-corrected chi connectivity index (χ1v) is 12.8. The Bertz CT molecular complexity index is 1170. The van der Waals surface area contributed by atoms with Crippen molar-refractivity contribution in [1.82, 2.24) is 19.7 Å². The minimum Gasteiger partial charge on any atom is -0.493 e. The molecule has 0 unspecified atom stereocenters. The molecule has 31 heavy (non-hydrogen) atoms. The van der Waals surface area contributed by atoms with Crippen LogP contribution in [0.4, 0.5) is 0 Å². The van der Waals surface area contributed by atoms with Gasteiger partial charge in [0.15, 0.2) is 16.7 Å². The summed E-state index contributed by atoms with van der Waals surface area (Å²) in [6.07, 6.45) is 3.26. The van der Waals surface area contributed by atoms with Crippen molar-refractivity contribution in [3.63, 3.8) is 0 Å². The van der Waals surface area contributed by atoms with Gasteiger partial charge in [-0.1, -0.05) is 23.9 Å². The highest BCUT2D eigenvalue weighted by atomic mass is 32.2. The van der Waals surface area contributed by atoms with Crippen LogP contribution in [-0.2, 0) is 12.2 Å². The Morgan fingerprint density at radius 3 is 2.74 bits per heavy atom. The summed E-state index contributed by atoms with van der Waals surface area (Å²) in [4.78, 5) is 6.17. The first-order valence-electron chi connectivity index (χ1n) is 10.0. The maximum atomic E-state index is 5.57. The molecule has 1 aliphatic rings.